The van der Waals surface area contributed by atoms with E-state index in [4.69, 9.17) is 10.4 Å². The molecular formula is C14H27OS-. The van der Waals surface area contributed by atoms with Gasteiger partial charge in [0.05, 0.1) is 6.10 Å². The Morgan fingerprint density at radius 2 is 1.69 bits per heavy atom. The molecule has 0 spiro atoms. The van der Waals surface area contributed by atoms with Crippen molar-refractivity contribution in [2.24, 2.45) is 5.92 Å². The Kier molecular flexibility index (Phi) is 4.97. The molecule has 1 rings (SSSR count). The summed E-state index contributed by atoms with van der Waals surface area (Å²) in [6.45, 7) is 9.22. The monoisotopic (exact) mass is 243 g/mol. The molecule has 1 fully saturated rings. The van der Waals surface area contributed by atoms with E-state index >= 15 is 0 Å². The van der Waals surface area contributed by atoms with Crippen LogP contribution in [0.1, 0.15) is 53.4 Å². The molecule has 0 amide bonds. The van der Waals surface area contributed by atoms with Crippen LogP contribution in [0.5, 0.6) is 0 Å². The van der Waals surface area contributed by atoms with Crippen molar-refractivity contribution in [3.63, 3.8) is 0 Å². The minimum Gasteiger partial charge on any atom is -0.449 e. The highest BCUT2D eigenvalue weighted by molar-refractivity contribution is 7.88. The summed E-state index contributed by atoms with van der Waals surface area (Å²) in [4.78, 5) is 0. The summed E-state index contributed by atoms with van der Waals surface area (Å²) in [6.07, 6.45) is 5.35. The van der Waals surface area contributed by atoms with Gasteiger partial charge in [0.25, 0.3) is 0 Å². The van der Waals surface area contributed by atoms with Gasteiger partial charge in [0, 0.05) is 7.11 Å². The third-order valence-corrected chi connectivity index (χ3v) is 7.19. The molecule has 0 bridgehead atoms. The van der Waals surface area contributed by atoms with E-state index in [-0.39, 0.29) is 15.0 Å². The van der Waals surface area contributed by atoms with Crippen molar-refractivity contribution < 1.29 is 4.74 Å². The molecular weight excluding hydrogens is 216 g/mol. The van der Waals surface area contributed by atoms with Crippen molar-refractivity contribution in [2.45, 2.75) is 69.5 Å². The normalized spacial score (nSPS) is 27.6. The molecule has 0 aliphatic heterocycles. The van der Waals surface area contributed by atoms with E-state index in [0.29, 0.717) is 17.3 Å². The SMILES string of the molecule is C#[S-](C1CCC(OC)CC1)C(C)(C)C(C)C. The fourth-order valence-electron chi connectivity index (χ4n) is 2.22. The van der Waals surface area contributed by atoms with Gasteiger partial charge in [0.1, 0.15) is 0 Å². The zero-order chi connectivity index (χ0) is 12.3. The van der Waals surface area contributed by atoms with E-state index in [0.717, 1.165) is 0 Å². The average molecular weight is 243 g/mol. The lowest BCUT2D eigenvalue weighted by molar-refractivity contribution is 0.0721. The molecule has 1 aliphatic carbocycles. The van der Waals surface area contributed by atoms with Crippen LogP contribution in [-0.4, -0.2) is 23.2 Å². The Bertz CT molecular complexity index is 277. The highest BCUT2D eigenvalue weighted by Crippen LogP contribution is 2.32. The minimum absolute atomic E-state index is 0.0306. The Morgan fingerprint density at radius 3 is 2.06 bits per heavy atom. The molecule has 96 valence electrons. The van der Waals surface area contributed by atoms with Gasteiger partial charge >= 0.3 is 0 Å². The smallest absolute Gasteiger partial charge is 0.0570 e. The lowest BCUT2D eigenvalue weighted by atomic mass is 9.97. The van der Waals surface area contributed by atoms with Gasteiger partial charge in [-0.25, -0.2) is 0 Å². The van der Waals surface area contributed by atoms with E-state index in [1.807, 2.05) is 7.11 Å². The molecule has 1 nitrogen and oxygen atoms in total. The van der Waals surface area contributed by atoms with Crippen molar-refractivity contribution in [2.75, 3.05) is 7.11 Å². The molecule has 0 atom stereocenters. The van der Waals surface area contributed by atoms with Crippen molar-refractivity contribution in [3.05, 3.63) is 0 Å². The zero-order valence-corrected chi connectivity index (χ0v) is 12.3. The highest BCUT2D eigenvalue weighted by atomic mass is 32.2. The Balaban J connectivity index is 2.58. The average Bonchev–Trinajstić information content (AvgIpc) is 2.28. The lowest BCUT2D eigenvalue weighted by Gasteiger charge is -2.49. The molecule has 1 aliphatic rings. The van der Waals surface area contributed by atoms with Crippen molar-refractivity contribution >= 4 is 10.3 Å². The van der Waals surface area contributed by atoms with Crippen LogP contribution < -0.4 is 0 Å². The van der Waals surface area contributed by atoms with Crippen LogP contribution in [0.2, 0.25) is 0 Å². The van der Waals surface area contributed by atoms with Gasteiger partial charge < -0.3 is 20.7 Å². The molecule has 0 radical (unpaired) electrons. The Morgan fingerprint density at radius 1 is 1.19 bits per heavy atom. The number of ether oxygens (including phenoxy) is 1. The number of hydrogen-bond donors (Lipinski definition) is 0. The topological polar surface area (TPSA) is 9.23 Å². The molecule has 16 heavy (non-hydrogen) atoms. The van der Waals surface area contributed by atoms with Crippen LogP contribution in [0.3, 0.4) is 0 Å². The largest absolute Gasteiger partial charge is 0.449 e. The standard InChI is InChI=1S/C14H27OS/c1-11(2)14(3,4)16(6)13-9-7-12(15-5)8-10-13/h6,11-13H,7-10H2,1-5H3/q-1. The molecule has 2 heteroatoms. The summed E-state index contributed by atoms with van der Waals surface area (Å²) >= 11 is 0. The number of methoxy groups -OCH3 is 1. The summed E-state index contributed by atoms with van der Waals surface area (Å²) in [7, 11) is 1.86. The van der Waals surface area contributed by atoms with Crippen LogP contribution in [0.25, 0.3) is 0 Å². The molecule has 0 aromatic heterocycles. The quantitative estimate of drug-likeness (QED) is 0.674. The van der Waals surface area contributed by atoms with Gasteiger partial charge in [-0.05, 0) is 12.8 Å². The fraction of sp³-hybridized carbons (Fsp3) is 0.929. The zero-order valence-electron chi connectivity index (χ0n) is 11.5. The van der Waals surface area contributed by atoms with Crippen LogP contribution >= 0.6 is 0 Å². The summed E-state index contributed by atoms with van der Waals surface area (Å²) in [5.41, 5.74) is 6.50. The maximum atomic E-state index is 6.50. The van der Waals surface area contributed by atoms with Crippen LogP contribution in [0.15, 0.2) is 0 Å². The van der Waals surface area contributed by atoms with Crippen LogP contribution in [0, 0.1) is 11.6 Å². The molecule has 0 aromatic carbocycles. The van der Waals surface area contributed by atoms with E-state index < -0.39 is 0 Å². The second kappa shape index (κ2) is 5.62. The van der Waals surface area contributed by atoms with Gasteiger partial charge in [0.2, 0.25) is 0 Å². The van der Waals surface area contributed by atoms with Crippen molar-refractivity contribution in [1.29, 1.82) is 0 Å². The predicted octanol–water partition coefficient (Wildman–Crippen LogP) is 3.59. The fourth-order valence-corrected chi connectivity index (χ4v) is 4.41. The molecule has 0 aromatic rings. The van der Waals surface area contributed by atoms with E-state index in [2.05, 4.69) is 27.7 Å². The third-order valence-electron chi connectivity index (χ3n) is 4.31. The first-order chi connectivity index (χ1) is 7.39. The van der Waals surface area contributed by atoms with Gasteiger partial charge in [-0.1, -0.05) is 46.5 Å². The van der Waals surface area contributed by atoms with Gasteiger partial charge in [0.15, 0.2) is 0 Å². The molecule has 0 saturated heterocycles. The third kappa shape index (κ3) is 3.06. The maximum absolute atomic E-state index is 6.50. The van der Waals surface area contributed by atoms with Crippen molar-refractivity contribution in [3.8, 4) is 5.69 Å². The van der Waals surface area contributed by atoms with E-state index in [1.165, 1.54) is 25.7 Å². The molecule has 0 N–H and O–H groups in total. The maximum Gasteiger partial charge on any atom is 0.0570 e. The first kappa shape index (κ1) is 14.2. The van der Waals surface area contributed by atoms with E-state index in [9.17, 15) is 0 Å². The molecule has 0 heterocycles. The Labute approximate surface area is 104 Å². The first-order valence-corrected chi connectivity index (χ1v) is 7.75. The summed E-state index contributed by atoms with van der Waals surface area (Å²) in [5.74, 6) is 0.654. The Hall–Kier alpha value is 0.0900. The van der Waals surface area contributed by atoms with Crippen LogP contribution in [-0.2, 0) is 15.0 Å². The predicted molar refractivity (Wildman–Crippen MR) is 74.3 cm³/mol. The van der Waals surface area contributed by atoms with Crippen molar-refractivity contribution in [1.82, 2.24) is 0 Å². The summed E-state index contributed by atoms with van der Waals surface area (Å²) < 4.78 is 5.68. The van der Waals surface area contributed by atoms with Gasteiger partial charge in [-0.15, -0.1) is 10.00 Å². The second-order valence-electron chi connectivity index (χ2n) is 5.76. The highest BCUT2D eigenvalue weighted by Gasteiger charge is 2.23. The van der Waals surface area contributed by atoms with Gasteiger partial charge in [-0.3, -0.25) is 0 Å². The van der Waals surface area contributed by atoms with E-state index in [1.54, 1.807) is 0 Å². The lowest BCUT2D eigenvalue weighted by Crippen LogP contribution is -2.39. The first-order valence-electron chi connectivity index (χ1n) is 6.40. The second-order valence-corrected chi connectivity index (χ2v) is 8.23. The molecule has 0 unspecified atom stereocenters. The summed E-state index contributed by atoms with van der Waals surface area (Å²) in [5, 5.41) is 0.712. The minimum atomic E-state index is 0.0306. The summed E-state index contributed by atoms with van der Waals surface area (Å²) in [6, 6.07) is 0. The van der Waals surface area contributed by atoms with Gasteiger partial charge in [-0.2, -0.15) is 0 Å². The number of hydrogen-bond acceptors (Lipinski definition) is 2. The van der Waals surface area contributed by atoms with Crippen LogP contribution in [0.4, 0.5) is 0 Å². The molecule has 1 saturated carbocycles. The number of rotatable bonds is 2.